The monoisotopic (exact) mass is 355 g/mol. The highest BCUT2D eigenvalue weighted by molar-refractivity contribution is 8.00. The average molecular weight is 355 g/mol. The van der Waals surface area contributed by atoms with E-state index in [-0.39, 0.29) is 17.7 Å². The van der Waals surface area contributed by atoms with E-state index in [2.05, 4.69) is 20.1 Å². The number of carbonyl (C=O) groups is 1. The van der Waals surface area contributed by atoms with Crippen LogP contribution in [0.15, 0.2) is 58.5 Å². The number of thioether (sulfide) groups is 1. The Morgan fingerprint density at radius 1 is 1.24 bits per heavy atom. The SMILES string of the molecule is C[C@H](Sc1ccccn1)C(=O)N(C)Cc1nc(-c2ccncc2)no1. The third-order valence-electron chi connectivity index (χ3n) is 3.44. The Bertz CT molecular complexity index is 825. The van der Waals surface area contributed by atoms with Crippen LogP contribution < -0.4 is 0 Å². The number of hydrogen-bond donors (Lipinski definition) is 0. The zero-order valence-electron chi connectivity index (χ0n) is 13.9. The van der Waals surface area contributed by atoms with Crippen molar-refractivity contribution >= 4 is 17.7 Å². The molecular weight excluding hydrogens is 338 g/mol. The van der Waals surface area contributed by atoms with E-state index in [1.54, 1.807) is 42.7 Å². The van der Waals surface area contributed by atoms with Gasteiger partial charge >= 0.3 is 0 Å². The predicted molar refractivity (Wildman–Crippen MR) is 93.6 cm³/mol. The van der Waals surface area contributed by atoms with Gasteiger partial charge in [0.2, 0.25) is 17.6 Å². The van der Waals surface area contributed by atoms with Gasteiger partial charge in [0.25, 0.3) is 0 Å². The fourth-order valence-corrected chi connectivity index (χ4v) is 3.10. The molecule has 1 amide bonds. The number of pyridine rings is 2. The molecule has 0 aromatic carbocycles. The van der Waals surface area contributed by atoms with E-state index in [1.807, 2.05) is 25.1 Å². The summed E-state index contributed by atoms with van der Waals surface area (Å²) in [6.07, 6.45) is 5.04. The summed E-state index contributed by atoms with van der Waals surface area (Å²) in [4.78, 5) is 26.6. The van der Waals surface area contributed by atoms with Gasteiger partial charge in [-0.25, -0.2) is 4.98 Å². The summed E-state index contributed by atoms with van der Waals surface area (Å²) in [6, 6.07) is 9.23. The lowest BCUT2D eigenvalue weighted by atomic mass is 10.2. The van der Waals surface area contributed by atoms with Gasteiger partial charge in [-0.15, -0.1) is 0 Å². The van der Waals surface area contributed by atoms with Gasteiger partial charge in [0.1, 0.15) is 0 Å². The topological polar surface area (TPSA) is 85.0 Å². The standard InChI is InChI=1S/C17H17N5O2S/c1-12(25-15-5-3-4-8-19-15)17(23)22(2)11-14-20-16(21-24-14)13-6-9-18-10-7-13/h3-10,12H,11H2,1-2H3/t12-/m0/s1. The largest absolute Gasteiger partial charge is 0.337 e. The molecule has 1 atom stereocenters. The van der Waals surface area contributed by atoms with Crippen LogP contribution in [0.1, 0.15) is 12.8 Å². The first kappa shape index (κ1) is 17.1. The van der Waals surface area contributed by atoms with Crippen LogP contribution in [0, 0.1) is 0 Å². The maximum Gasteiger partial charge on any atom is 0.246 e. The fourth-order valence-electron chi connectivity index (χ4n) is 2.18. The zero-order chi connectivity index (χ0) is 17.6. The van der Waals surface area contributed by atoms with E-state index in [9.17, 15) is 4.79 Å². The molecule has 0 bridgehead atoms. The van der Waals surface area contributed by atoms with Crippen LogP contribution in [-0.2, 0) is 11.3 Å². The highest BCUT2D eigenvalue weighted by Gasteiger charge is 2.21. The first-order valence-corrected chi connectivity index (χ1v) is 8.57. The summed E-state index contributed by atoms with van der Waals surface area (Å²) in [5, 5.41) is 4.50. The summed E-state index contributed by atoms with van der Waals surface area (Å²) >= 11 is 1.42. The molecule has 25 heavy (non-hydrogen) atoms. The van der Waals surface area contributed by atoms with Crippen molar-refractivity contribution in [2.45, 2.75) is 23.7 Å². The maximum atomic E-state index is 12.5. The van der Waals surface area contributed by atoms with Crippen LogP contribution in [0.25, 0.3) is 11.4 Å². The molecule has 3 aromatic heterocycles. The first-order chi connectivity index (χ1) is 12.1. The molecule has 3 heterocycles. The number of carbonyl (C=O) groups excluding carboxylic acids is 1. The second kappa shape index (κ2) is 7.89. The molecule has 7 nitrogen and oxygen atoms in total. The van der Waals surface area contributed by atoms with E-state index in [4.69, 9.17) is 4.52 Å². The van der Waals surface area contributed by atoms with Crippen molar-refractivity contribution < 1.29 is 9.32 Å². The van der Waals surface area contributed by atoms with Crippen molar-refractivity contribution in [1.82, 2.24) is 25.0 Å². The number of amides is 1. The minimum atomic E-state index is -0.262. The molecule has 0 spiro atoms. The van der Waals surface area contributed by atoms with Gasteiger partial charge in [0, 0.05) is 31.2 Å². The average Bonchev–Trinajstić information content (AvgIpc) is 3.11. The molecule has 0 unspecified atom stereocenters. The van der Waals surface area contributed by atoms with Gasteiger partial charge in [-0.2, -0.15) is 4.98 Å². The van der Waals surface area contributed by atoms with Crippen molar-refractivity contribution in [3.05, 3.63) is 54.8 Å². The normalized spacial score (nSPS) is 11.9. The van der Waals surface area contributed by atoms with Crippen LogP contribution in [0.5, 0.6) is 0 Å². The van der Waals surface area contributed by atoms with Crippen LogP contribution in [-0.4, -0.2) is 43.2 Å². The number of hydrogen-bond acceptors (Lipinski definition) is 7. The molecule has 0 N–H and O–H groups in total. The van der Waals surface area contributed by atoms with Crippen LogP contribution in [0.2, 0.25) is 0 Å². The van der Waals surface area contributed by atoms with Gasteiger partial charge in [-0.05, 0) is 31.2 Å². The lowest BCUT2D eigenvalue weighted by Crippen LogP contribution is -2.32. The number of nitrogens with zero attached hydrogens (tertiary/aromatic N) is 5. The third kappa shape index (κ3) is 4.42. The molecular formula is C17H17N5O2S. The Hall–Kier alpha value is -2.74. The molecule has 0 radical (unpaired) electrons. The molecule has 8 heteroatoms. The van der Waals surface area contributed by atoms with Gasteiger partial charge < -0.3 is 9.42 Å². The molecule has 128 valence electrons. The van der Waals surface area contributed by atoms with E-state index in [1.165, 1.54) is 11.8 Å². The summed E-state index contributed by atoms with van der Waals surface area (Å²) in [5.74, 6) is 0.839. The second-order valence-electron chi connectivity index (χ2n) is 5.37. The predicted octanol–water partition coefficient (Wildman–Crippen LogP) is 2.67. The highest BCUT2D eigenvalue weighted by atomic mass is 32.2. The highest BCUT2D eigenvalue weighted by Crippen LogP contribution is 2.22. The smallest absolute Gasteiger partial charge is 0.246 e. The number of aromatic nitrogens is 4. The Morgan fingerprint density at radius 2 is 2.04 bits per heavy atom. The number of rotatable bonds is 6. The molecule has 0 saturated heterocycles. The first-order valence-electron chi connectivity index (χ1n) is 7.69. The Kier molecular flexibility index (Phi) is 5.39. The van der Waals surface area contributed by atoms with E-state index in [0.717, 1.165) is 10.6 Å². The van der Waals surface area contributed by atoms with E-state index >= 15 is 0 Å². The van der Waals surface area contributed by atoms with Crippen molar-refractivity contribution in [1.29, 1.82) is 0 Å². The van der Waals surface area contributed by atoms with Gasteiger partial charge in [-0.3, -0.25) is 9.78 Å². The summed E-state index contributed by atoms with van der Waals surface area (Å²) in [6.45, 7) is 2.11. The van der Waals surface area contributed by atoms with Crippen molar-refractivity contribution in [2.24, 2.45) is 0 Å². The van der Waals surface area contributed by atoms with Gasteiger partial charge in [-0.1, -0.05) is 23.0 Å². The molecule has 3 aromatic rings. The maximum absolute atomic E-state index is 12.5. The molecule has 3 rings (SSSR count). The second-order valence-corrected chi connectivity index (χ2v) is 6.73. The van der Waals surface area contributed by atoms with Gasteiger partial charge in [0.05, 0.1) is 16.8 Å². The summed E-state index contributed by atoms with van der Waals surface area (Å²) in [5.41, 5.74) is 0.818. The van der Waals surface area contributed by atoms with Crippen molar-refractivity contribution in [2.75, 3.05) is 7.05 Å². The lowest BCUT2D eigenvalue weighted by Gasteiger charge is -2.19. The van der Waals surface area contributed by atoms with E-state index < -0.39 is 0 Å². The zero-order valence-corrected chi connectivity index (χ0v) is 14.7. The summed E-state index contributed by atoms with van der Waals surface area (Å²) in [7, 11) is 1.72. The molecule has 0 saturated carbocycles. The van der Waals surface area contributed by atoms with Crippen molar-refractivity contribution in [3.63, 3.8) is 0 Å². The molecule has 0 aliphatic rings. The minimum absolute atomic E-state index is 0.0284. The molecule has 0 aliphatic heterocycles. The fraction of sp³-hybridized carbons (Fsp3) is 0.235. The minimum Gasteiger partial charge on any atom is -0.337 e. The van der Waals surface area contributed by atoms with Crippen LogP contribution in [0.3, 0.4) is 0 Å². The molecule has 0 fully saturated rings. The Morgan fingerprint density at radius 3 is 2.76 bits per heavy atom. The van der Waals surface area contributed by atoms with Gasteiger partial charge in [0.15, 0.2) is 0 Å². The van der Waals surface area contributed by atoms with Crippen LogP contribution >= 0.6 is 11.8 Å². The Labute approximate surface area is 149 Å². The Balaban J connectivity index is 1.61. The summed E-state index contributed by atoms with van der Waals surface area (Å²) < 4.78 is 5.24. The third-order valence-corrected chi connectivity index (χ3v) is 4.48. The van der Waals surface area contributed by atoms with Crippen molar-refractivity contribution in [3.8, 4) is 11.4 Å². The lowest BCUT2D eigenvalue weighted by molar-refractivity contribution is -0.129. The van der Waals surface area contributed by atoms with E-state index in [0.29, 0.717) is 11.7 Å². The quantitative estimate of drug-likeness (QED) is 0.628. The molecule has 0 aliphatic carbocycles. The van der Waals surface area contributed by atoms with Crippen LogP contribution in [0.4, 0.5) is 0 Å².